The molecule has 3 fully saturated rings. The van der Waals surface area contributed by atoms with Crippen LogP contribution in [0.3, 0.4) is 0 Å². The van der Waals surface area contributed by atoms with Crippen LogP contribution in [0.15, 0.2) is 0 Å². The Bertz CT molecular complexity index is 333. The Morgan fingerprint density at radius 2 is 1.94 bits per heavy atom. The molecule has 4 atom stereocenters. The molecule has 2 heterocycles. The maximum Gasteiger partial charge on any atom is 0.326 e. The van der Waals surface area contributed by atoms with Crippen molar-refractivity contribution in [1.82, 2.24) is 4.90 Å². The van der Waals surface area contributed by atoms with Crippen molar-refractivity contribution in [2.45, 2.75) is 18.9 Å². The highest BCUT2D eigenvalue weighted by Crippen LogP contribution is 2.52. The van der Waals surface area contributed by atoms with Crippen LogP contribution in [-0.2, 0) is 14.3 Å². The average Bonchev–Trinajstić information content (AvgIpc) is 2.74. The van der Waals surface area contributed by atoms with Crippen molar-refractivity contribution >= 4 is 11.9 Å². The minimum atomic E-state index is -0.868. The number of hydrogen-bond acceptors (Lipinski definition) is 3. The second kappa shape index (κ2) is 3.45. The molecule has 3 rings (SSSR count). The number of fused-ring (bicyclic) bond motifs is 1. The summed E-state index contributed by atoms with van der Waals surface area (Å²) in [5.41, 5.74) is 0. The van der Waals surface area contributed by atoms with Gasteiger partial charge in [-0.3, -0.25) is 4.79 Å². The number of rotatable bonds is 2. The van der Waals surface area contributed by atoms with E-state index < -0.39 is 12.0 Å². The van der Waals surface area contributed by atoms with E-state index in [0.717, 1.165) is 6.42 Å². The van der Waals surface area contributed by atoms with Gasteiger partial charge in [0.1, 0.15) is 6.04 Å². The Morgan fingerprint density at radius 1 is 1.25 bits per heavy atom. The number of carboxylic acids is 1. The smallest absolute Gasteiger partial charge is 0.326 e. The maximum atomic E-state index is 12.1. The van der Waals surface area contributed by atoms with Gasteiger partial charge in [-0.1, -0.05) is 0 Å². The van der Waals surface area contributed by atoms with Crippen molar-refractivity contribution in [3.05, 3.63) is 0 Å². The van der Waals surface area contributed by atoms with Gasteiger partial charge in [0.25, 0.3) is 0 Å². The molecule has 5 heteroatoms. The molecule has 1 aliphatic carbocycles. The first-order valence-electron chi connectivity index (χ1n) is 5.81. The predicted molar refractivity (Wildman–Crippen MR) is 53.7 cm³/mol. The lowest BCUT2D eigenvalue weighted by molar-refractivity contribution is -0.149. The Balaban J connectivity index is 1.69. The molecule has 0 aromatic heterocycles. The van der Waals surface area contributed by atoms with Gasteiger partial charge in [-0.2, -0.15) is 0 Å². The summed E-state index contributed by atoms with van der Waals surface area (Å²) in [6.45, 7) is 1.95. The van der Waals surface area contributed by atoms with Crippen LogP contribution in [0.4, 0.5) is 0 Å². The summed E-state index contributed by atoms with van der Waals surface area (Å²) in [5, 5.41) is 9.02. The minimum Gasteiger partial charge on any atom is -0.480 e. The number of carboxylic acid groups (broad SMARTS) is 1. The van der Waals surface area contributed by atoms with Crippen LogP contribution in [0.5, 0.6) is 0 Å². The van der Waals surface area contributed by atoms with E-state index in [4.69, 9.17) is 9.84 Å². The molecule has 2 saturated heterocycles. The number of nitrogens with zero attached hydrogens (tertiary/aromatic N) is 1. The lowest BCUT2D eigenvalue weighted by Gasteiger charge is -2.22. The normalized spacial score (nSPS) is 40.9. The third kappa shape index (κ3) is 1.34. The summed E-state index contributed by atoms with van der Waals surface area (Å²) in [5.74, 6) is -0.0464. The van der Waals surface area contributed by atoms with E-state index in [2.05, 4.69) is 0 Å². The third-order valence-electron chi connectivity index (χ3n) is 4.06. The summed E-state index contributed by atoms with van der Waals surface area (Å²) in [7, 11) is 0. The van der Waals surface area contributed by atoms with Crippen LogP contribution in [0.1, 0.15) is 12.8 Å². The van der Waals surface area contributed by atoms with E-state index in [-0.39, 0.29) is 11.8 Å². The molecule has 1 amide bonds. The highest BCUT2D eigenvalue weighted by Gasteiger charge is 2.59. The summed E-state index contributed by atoms with van der Waals surface area (Å²) < 4.78 is 5.24. The highest BCUT2D eigenvalue weighted by molar-refractivity contribution is 5.88. The van der Waals surface area contributed by atoms with Gasteiger partial charge in [-0.05, 0) is 24.7 Å². The fraction of sp³-hybridized carbons (Fsp3) is 0.818. The fourth-order valence-electron chi connectivity index (χ4n) is 3.08. The Labute approximate surface area is 93.4 Å². The molecule has 1 saturated carbocycles. The first kappa shape index (κ1) is 10.1. The molecule has 1 N–H and O–H groups in total. The number of likely N-dealkylation sites (tertiary alicyclic amines) is 1. The van der Waals surface area contributed by atoms with Crippen molar-refractivity contribution in [1.29, 1.82) is 0 Å². The monoisotopic (exact) mass is 225 g/mol. The molecule has 16 heavy (non-hydrogen) atoms. The van der Waals surface area contributed by atoms with Gasteiger partial charge in [-0.25, -0.2) is 4.79 Å². The van der Waals surface area contributed by atoms with Gasteiger partial charge in [0.2, 0.25) is 5.91 Å². The summed E-state index contributed by atoms with van der Waals surface area (Å²) >= 11 is 0. The molecule has 2 aliphatic heterocycles. The topological polar surface area (TPSA) is 66.8 Å². The van der Waals surface area contributed by atoms with E-state index in [1.807, 2.05) is 0 Å². The lowest BCUT2D eigenvalue weighted by Crippen LogP contribution is -2.42. The molecule has 0 bridgehead atoms. The second-order valence-corrected chi connectivity index (χ2v) is 4.92. The minimum absolute atomic E-state index is 0.0446. The lowest BCUT2D eigenvalue weighted by atomic mass is 10.2. The number of carbonyl (C=O) groups excluding carboxylic acids is 1. The van der Waals surface area contributed by atoms with Crippen molar-refractivity contribution in [2.75, 3.05) is 19.8 Å². The van der Waals surface area contributed by atoms with E-state index in [0.29, 0.717) is 38.0 Å². The molecule has 0 spiro atoms. The van der Waals surface area contributed by atoms with Crippen LogP contribution in [0.2, 0.25) is 0 Å². The summed E-state index contributed by atoms with van der Waals surface area (Å²) in [6.07, 6.45) is 1.40. The highest BCUT2D eigenvalue weighted by atomic mass is 16.5. The molecule has 0 radical (unpaired) electrons. The largest absolute Gasteiger partial charge is 0.480 e. The van der Waals surface area contributed by atoms with Crippen molar-refractivity contribution < 1.29 is 19.4 Å². The van der Waals surface area contributed by atoms with Gasteiger partial charge >= 0.3 is 5.97 Å². The average molecular weight is 225 g/mol. The zero-order valence-corrected chi connectivity index (χ0v) is 8.96. The van der Waals surface area contributed by atoms with Crippen molar-refractivity contribution in [3.8, 4) is 0 Å². The molecular formula is C11H15NO4. The van der Waals surface area contributed by atoms with E-state index in [9.17, 15) is 9.59 Å². The van der Waals surface area contributed by atoms with Crippen molar-refractivity contribution in [2.24, 2.45) is 17.8 Å². The summed E-state index contributed by atoms with van der Waals surface area (Å²) in [4.78, 5) is 24.7. The van der Waals surface area contributed by atoms with Crippen LogP contribution in [-0.4, -0.2) is 47.7 Å². The van der Waals surface area contributed by atoms with E-state index >= 15 is 0 Å². The predicted octanol–water partition coefficient (Wildman–Crippen LogP) is -0.0456. The Kier molecular flexibility index (Phi) is 2.17. The molecule has 2 unspecified atom stereocenters. The molecule has 0 aromatic rings. The van der Waals surface area contributed by atoms with Gasteiger partial charge < -0.3 is 14.7 Å². The van der Waals surface area contributed by atoms with E-state index in [1.165, 1.54) is 0 Å². The molecule has 5 nitrogen and oxygen atoms in total. The Hall–Kier alpha value is -1.10. The second-order valence-electron chi connectivity index (χ2n) is 4.92. The number of aliphatic carboxylic acids is 1. The zero-order chi connectivity index (χ0) is 11.3. The fourth-order valence-corrected chi connectivity index (χ4v) is 3.08. The summed E-state index contributed by atoms with van der Waals surface area (Å²) in [6, 6.07) is -0.588. The number of amides is 1. The maximum absolute atomic E-state index is 12.1. The van der Waals surface area contributed by atoms with Gasteiger partial charge in [0, 0.05) is 12.5 Å². The van der Waals surface area contributed by atoms with Gasteiger partial charge in [0.05, 0.1) is 13.2 Å². The van der Waals surface area contributed by atoms with Crippen LogP contribution in [0, 0.1) is 17.8 Å². The number of carbonyl (C=O) groups is 2. The van der Waals surface area contributed by atoms with Crippen molar-refractivity contribution in [3.63, 3.8) is 0 Å². The third-order valence-corrected chi connectivity index (χ3v) is 4.06. The SMILES string of the molecule is O=C(O)C1CCCN1C(=O)C1[C@H]2COC[C@@H]12. The first-order valence-corrected chi connectivity index (χ1v) is 5.81. The van der Waals surface area contributed by atoms with Gasteiger partial charge in [0.15, 0.2) is 0 Å². The number of ether oxygens (including phenoxy) is 1. The van der Waals surface area contributed by atoms with Crippen LogP contribution < -0.4 is 0 Å². The molecular weight excluding hydrogens is 210 g/mol. The van der Waals surface area contributed by atoms with Crippen LogP contribution in [0.25, 0.3) is 0 Å². The molecule has 88 valence electrons. The van der Waals surface area contributed by atoms with Gasteiger partial charge in [-0.15, -0.1) is 0 Å². The Morgan fingerprint density at radius 3 is 2.56 bits per heavy atom. The molecule has 0 aromatic carbocycles. The standard InChI is InChI=1S/C11H15NO4/c13-10(9-6-4-16-5-7(6)9)12-3-1-2-8(12)11(14)15/h6-9H,1-5H2,(H,14,15)/t6-,7+,8?,9?. The first-order chi connectivity index (χ1) is 7.70. The quantitative estimate of drug-likeness (QED) is 0.715. The van der Waals surface area contributed by atoms with Crippen LogP contribution >= 0.6 is 0 Å². The van der Waals surface area contributed by atoms with E-state index in [1.54, 1.807) is 4.90 Å². The zero-order valence-electron chi connectivity index (χ0n) is 8.96. The number of hydrogen-bond donors (Lipinski definition) is 1. The molecule has 3 aliphatic rings.